The number of carbonyl (C=O) groups is 1. The van der Waals surface area contributed by atoms with E-state index in [4.69, 9.17) is 5.11 Å². The van der Waals surface area contributed by atoms with Crippen LogP contribution in [0.25, 0.3) is 0 Å². The Morgan fingerprint density at radius 3 is 2.75 bits per heavy atom. The van der Waals surface area contributed by atoms with Crippen LogP contribution in [0.15, 0.2) is 0 Å². The summed E-state index contributed by atoms with van der Waals surface area (Å²) in [5, 5.41) is 14.7. The van der Waals surface area contributed by atoms with Crippen LogP contribution in [0.5, 0.6) is 0 Å². The van der Waals surface area contributed by atoms with E-state index in [-0.39, 0.29) is 6.42 Å². The fourth-order valence-electron chi connectivity index (χ4n) is 0.708. The monoisotopic (exact) mass is 170 g/mol. The van der Waals surface area contributed by atoms with E-state index in [1.165, 1.54) is 0 Å². The van der Waals surface area contributed by atoms with Crippen molar-refractivity contribution in [2.75, 3.05) is 19.0 Å². The van der Waals surface area contributed by atoms with Crippen molar-refractivity contribution in [2.24, 2.45) is 0 Å². The molecule has 0 saturated carbocycles. The number of aliphatic carboxylic acids is 1. The first-order valence-electron chi connectivity index (χ1n) is 3.40. The van der Waals surface area contributed by atoms with Crippen molar-refractivity contribution in [3.63, 3.8) is 0 Å². The van der Waals surface area contributed by atoms with Gasteiger partial charge < -0.3 is 10.0 Å². The molecule has 1 aromatic heterocycles. The maximum Gasteiger partial charge on any atom is 0.311 e. The van der Waals surface area contributed by atoms with Crippen LogP contribution in [-0.4, -0.2) is 40.4 Å². The molecule has 0 aliphatic rings. The Morgan fingerprint density at radius 2 is 2.33 bits per heavy atom. The minimum absolute atomic E-state index is 0.124. The molecule has 0 bridgehead atoms. The van der Waals surface area contributed by atoms with E-state index in [0.717, 1.165) is 0 Å². The molecule has 6 nitrogen and oxygen atoms in total. The molecule has 0 amide bonds. The summed E-state index contributed by atoms with van der Waals surface area (Å²) < 4.78 is 0. The van der Waals surface area contributed by atoms with Crippen molar-refractivity contribution < 1.29 is 9.90 Å². The van der Waals surface area contributed by atoms with E-state index in [9.17, 15) is 4.79 Å². The molecule has 0 radical (unpaired) electrons. The summed E-state index contributed by atoms with van der Waals surface area (Å²) in [5.74, 6) is -0.0612. The van der Waals surface area contributed by atoms with Crippen LogP contribution in [-0.2, 0) is 11.2 Å². The second kappa shape index (κ2) is 3.21. The third-order valence-electron chi connectivity index (χ3n) is 1.24. The molecule has 0 aliphatic carbocycles. The van der Waals surface area contributed by atoms with Gasteiger partial charge in [0.25, 0.3) is 0 Å². The Hall–Kier alpha value is -1.59. The lowest BCUT2D eigenvalue weighted by molar-refractivity contribution is -0.136. The molecule has 2 N–H and O–H groups in total. The molecule has 0 fully saturated rings. The van der Waals surface area contributed by atoms with Gasteiger partial charge in [-0.1, -0.05) is 0 Å². The SMILES string of the molecule is CN(C)c1n[nH]c(CC(=O)O)n1. The van der Waals surface area contributed by atoms with Gasteiger partial charge in [-0.3, -0.25) is 9.89 Å². The second-order valence-electron chi connectivity index (χ2n) is 2.55. The van der Waals surface area contributed by atoms with Gasteiger partial charge in [0.05, 0.1) is 0 Å². The molecule has 12 heavy (non-hydrogen) atoms. The van der Waals surface area contributed by atoms with Gasteiger partial charge in [0.2, 0.25) is 5.95 Å². The molecular weight excluding hydrogens is 160 g/mol. The number of anilines is 1. The minimum Gasteiger partial charge on any atom is -0.481 e. The van der Waals surface area contributed by atoms with Gasteiger partial charge in [-0.15, -0.1) is 5.10 Å². The van der Waals surface area contributed by atoms with E-state index in [1.807, 2.05) is 0 Å². The molecule has 1 rings (SSSR count). The number of nitrogens with zero attached hydrogens (tertiary/aromatic N) is 3. The highest BCUT2D eigenvalue weighted by molar-refractivity contribution is 5.69. The van der Waals surface area contributed by atoms with E-state index in [2.05, 4.69) is 15.2 Å². The molecule has 0 atom stereocenters. The highest BCUT2D eigenvalue weighted by Crippen LogP contribution is 2.01. The van der Waals surface area contributed by atoms with E-state index in [1.54, 1.807) is 19.0 Å². The zero-order chi connectivity index (χ0) is 9.14. The Kier molecular flexibility index (Phi) is 2.27. The molecule has 1 aromatic rings. The summed E-state index contributed by atoms with van der Waals surface area (Å²) in [6.45, 7) is 0. The highest BCUT2D eigenvalue weighted by atomic mass is 16.4. The van der Waals surface area contributed by atoms with E-state index < -0.39 is 5.97 Å². The van der Waals surface area contributed by atoms with Gasteiger partial charge in [-0.05, 0) is 0 Å². The summed E-state index contributed by atoms with van der Waals surface area (Å²) in [6, 6.07) is 0. The van der Waals surface area contributed by atoms with Crippen LogP contribution >= 0.6 is 0 Å². The van der Waals surface area contributed by atoms with Crippen LogP contribution in [0.1, 0.15) is 5.82 Å². The van der Waals surface area contributed by atoms with Gasteiger partial charge >= 0.3 is 5.97 Å². The minimum atomic E-state index is -0.920. The summed E-state index contributed by atoms with van der Waals surface area (Å²) in [7, 11) is 3.57. The molecule has 1 heterocycles. The average Bonchev–Trinajstić information content (AvgIpc) is 2.34. The summed E-state index contributed by atoms with van der Waals surface area (Å²) >= 11 is 0. The van der Waals surface area contributed by atoms with Crippen molar-refractivity contribution in [1.29, 1.82) is 0 Å². The van der Waals surface area contributed by atoms with Crippen molar-refractivity contribution >= 4 is 11.9 Å². The molecule has 66 valence electrons. The van der Waals surface area contributed by atoms with E-state index >= 15 is 0 Å². The number of hydrogen-bond donors (Lipinski definition) is 2. The first kappa shape index (κ1) is 8.51. The summed E-state index contributed by atoms with van der Waals surface area (Å²) in [5.41, 5.74) is 0. The number of rotatable bonds is 3. The van der Waals surface area contributed by atoms with Crippen molar-refractivity contribution in [2.45, 2.75) is 6.42 Å². The van der Waals surface area contributed by atoms with Crippen molar-refractivity contribution in [1.82, 2.24) is 15.2 Å². The van der Waals surface area contributed by atoms with Crippen LogP contribution in [0.2, 0.25) is 0 Å². The number of nitrogens with one attached hydrogen (secondary N) is 1. The standard InChI is InChI=1S/C6H10N4O2/c1-10(2)6-7-4(8-9-6)3-5(11)12/h3H2,1-2H3,(H,11,12)(H,7,8,9). The molecule has 0 unspecified atom stereocenters. The van der Waals surface area contributed by atoms with Gasteiger partial charge in [0.1, 0.15) is 12.2 Å². The second-order valence-corrected chi connectivity index (χ2v) is 2.55. The normalized spacial score (nSPS) is 9.83. The number of carboxylic acid groups (broad SMARTS) is 1. The number of carboxylic acids is 1. The van der Waals surface area contributed by atoms with Crippen LogP contribution < -0.4 is 4.90 Å². The fraction of sp³-hybridized carbons (Fsp3) is 0.500. The zero-order valence-electron chi connectivity index (χ0n) is 6.90. The van der Waals surface area contributed by atoms with Gasteiger partial charge in [-0.2, -0.15) is 4.98 Å². The van der Waals surface area contributed by atoms with Gasteiger partial charge in [-0.25, -0.2) is 0 Å². The predicted octanol–water partition coefficient (Wildman–Crippen LogP) is -0.502. The maximum atomic E-state index is 10.2. The first-order chi connectivity index (χ1) is 5.59. The van der Waals surface area contributed by atoms with Crippen molar-refractivity contribution in [3.8, 4) is 0 Å². The molecule has 0 aromatic carbocycles. The molecule has 0 aliphatic heterocycles. The van der Waals surface area contributed by atoms with Gasteiger partial charge in [0.15, 0.2) is 0 Å². The molecular formula is C6H10N4O2. The Morgan fingerprint density at radius 1 is 1.67 bits per heavy atom. The third-order valence-corrected chi connectivity index (χ3v) is 1.24. The molecule has 0 saturated heterocycles. The summed E-state index contributed by atoms with van der Waals surface area (Å²) in [6.07, 6.45) is -0.124. The Balaban J connectivity index is 2.70. The molecule has 0 spiro atoms. The first-order valence-corrected chi connectivity index (χ1v) is 3.40. The zero-order valence-corrected chi connectivity index (χ0v) is 6.90. The van der Waals surface area contributed by atoms with Crippen LogP contribution in [0.4, 0.5) is 5.95 Å². The average molecular weight is 170 g/mol. The maximum absolute atomic E-state index is 10.2. The van der Waals surface area contributed by atoms with E-state index in [0.29, 0.717) is 11.8 Å². The lowest BCUT2D eigenvalue weighted by Gasteiger charge is -2.03. The Bertz CT molecular complexity index is 281. The quantitative estimate of drug-likeness (QED) is 0.639. The van der Waals surface area contributed by atoms with Crippen LogP contribution in [0.3, 0.4) is 0 Å². The van der Waals surface area contributed by atoms with Crippen LogP contribution in [0, 0.1) is 0 Å². The number of H-pyrrole nitrogens is 1. The number of hydrogen-bond acceptors (Lipinski definition) is 4. The lowest BCUT2D eigenvalue weighted by Crippen LogP contribution is -2.10. The van der Waals surface area contributed by atoms with Gasteiger partial charge in [0, 0.05) is 14.1 Å². The highest BCUT2D eigenvalue weighted by Gasteiger charge is 2.07. The largest absolute Gasteiger partial charge is 0.481 e. The topological polar surface area (TPSA) is 82.1 Å². The fourth-order valence-corrected chi connectivity index (χ4v) is 0.708. The predicted molar refractivity (Wildman–Crippen MR) is 42.0 cm³/mol. The lowest BCUT2D eigenvalue weighted by atomic mass is 10.4. The van der Waals surface area contributed by atoms with Crippen molar-refractivity contribution in [3.05, 3.63) is 5.82 Å². The summed E-state index contributed by atoms with van der Waals surface area (Å²) in [4.78, 5) is 15.9. The molecule has 6 heteroatoms. The smallest absolute Gasteiger partial charge is 0.311 e. The third kappa shape index (κ3) is 1.94. The number of aromatic amines is 1. The number of aromatic nitrogens is 3. The Labute approximate surface area is 69.2 Å².